The zero-order chi connectivity index (χ0) is 41.5. The molecular formula is C45H57FN8O5. The van der Waals surface area contributed by atoms with Gasteiger partial charge in [-0.15, -0.1) is 0 Å². The number of aryl methyl sites for hydroxylation is 1. The molecule has 2 unspecified atom stereocenters. The topological polar surface area (TPSA) is 155 Å². The summed E-state index contributed by atoms with van der Waals surface area (Å²) in [4.78, 5) is 68.7. The molecule has 0 spiro atoms. The minimum atomic E-state index is -0.994. The number of unbranched alkanes of at least 4 members (excludes halogenated alkanes) is 1. The Labute approximate surface area is 345 Å². The normalized spacial score (nSPS) is 21.2. The number of carbonyl (C=O) groups is 5. The van der Waals surface area contributed by atoms with E-state index in [1.54, 1.807) is 24.3 Å². The molecule has 5 amide bonds. The molecule has 7 rings (SSSR count). The van der Waals surface area contributed by atoms with Crippen molar-refractivity contribution < 1.29 is 28.4 Å². The van der Waals surface area contributed by atoms with Gasteiger partial charge in [0.1, 0.15) is 11.9 Å². The van der Waals surface area contributed by atoms with E-state index in [1.165, 1.54) is 5.56 Å². The summed E-state index contributed by atoms with van der Waals surface area (Å²) < 4.78 is 14.5. The molecule has 0 aromatic heterocycles. The Morgan fingerprint density at radius 1 is 0.864 bits per heavy atom. The number of benzene rings is 3. The third-order valence-electron chi connectivity index (χ3n) is 12.4. The largest absolute Gasteiger partial charge is 0.384 e. The highest BCUT2D eigenvalue weighted by Crippen LogP contribution is 2.32. The van der Waals surface area contributed by atoms with Crippen LogP contribution in [0, 0.1) is 24.6 Å². The highest BCUT2D eigenvalue weighted by Gasteiger charge is 2.45. The number of amides is 5. The number of imide groups is 2. The summed E-state index contributed by atoms with van der Waals surface area (Å²) in [5.41, 5.74) is 5.51. The van der Waals surface area contributed by atoms with E-state index in [-0.39, 0.29) is 41.6 Å². The Morgan fingerprint density at radius 2 is 1.63 bits per heavy atom. The standard InChI is InChI=1S/C45H57FN8O5/c1-29-6-5-7-38(46)37(29)27-52-26-32(39(28-52)47-2)24-30-8-10-33(11-9-30)49-21-20-48-18-3-4-19-50-42(56)31-16-22-53(23-17-31)34-12-13-35-36(25-34)45(59)54(44(35)58)40-14-15-41(55)51-43(40)57/h5-13,25,31-32,39-40,47-49H,3-4,14-24,26-28H2,1-2H3,(H,50,56)(H,51,55,57)/t32?,39-,40?/m0/s1. The minimum absolute atomic E-state index is 0.0734. The number of likely N-dealkylation sites (tertiary alicyclic amines) is 1. The van der Waals surface area contributed by atoms with E-state index in [4.69, 9.17) is 0 Å². The molecule has 0 saturated carbocycles. The first kappa shape index (κ1) is 42.0. The van der Waals surface area contributed by atoms with Crippen molar-refractivity contribution >= 4 is 40.9 Å². The van der Waals surface area contributed by atoms with Crippen molar-refractivity contribution in [2.75, 3.05) is 69.6 Å². The SMILES string of the molecule is CN[C@H]1CN(Cc2c(C)cccc2F)CC1Cc1ccc(NCCNCCCCNC(=O)C2CCN(c3ccc4c(c3)C(=O)N(C3CCC(=O)NC3=O)C4=O)CC2)cc1. The van der Waals surface area contributed by atoms with E-state index < -0.39 is 29.7 Å². The maximum Gasteiger partial charge on any atom is 0.262 e. The molecule has 4 aliphatic heterocycles. The molecular weight excluding hydrogens is 752 g/mol. The molecule has 3 aromatic carbocycles. The lowest BCUT2D eigenvalue weighted by Gasteiger charge is -2.33. The van der Waals surface area contributed by atoms with Gasteiger partial charge in [0.2, 0.25) is 17.7 Å². The fourth-order valence-corrected chi connectivity index (χ4v) is 8.98. The molecule has 3 aromatic rings. The highest BCUT2D eigenvalue weighted by molar-refractivity contribution is 6.23. The molecule has 5 N–H and O–H groups in total. The first-order valence-corrected chi connectivity index (χ1v) is 21.1. The number of anilines is 2. The summed E-state index contributed by atoms with van der Waals surface area (Å²) in [6, 6.07) is 18.5. The van der Waals surface area contributed by atoms with Crippen molar-refractivity contribution in [1.29, 1.82) is 0 Å². The summed E-state index contributed by atoms with van der Waals surface area (Å²) in [5, 5.41) is 15.8. The molecule has 3 fully saturated rings. The van der Waals surface area contributed by atoms with Crippen molar-refractivity contribution in [3.63, 3.8) is 0 Å². The Bertz CT molecular complexity index is 2000. The summed E-state index contributed by atoms with van der Waals surface area (Å²) >= 11 is 0. The van der Waals surface area contributed by atoms with E-state index >= 15 is 0 Å². The van der Waals surface area contributed by atoms with E-state index in [0.717, 1.165) is 79.4 Å². The average Bonchev–Trinajstić information content (AvgIpc) is 3.74. The van der Waals surface area contributed by atoms with Crippen LogP contribution in [0.4, 0.5) is 15.8 Å². The van der Waals surface area contributed by atoms with Crippen LogP contribution in [0.2, 0.25) is 0 Å². The average molecular weight is 809 g/mol. The Morgan fingerprint density at radius 3 is 2.37 bits per heavy atom. The predicted octanol–water partition coefficient (Wildman–Crippen LogP) is 3.61. The number of nitrogens with one attached hydrogen (secondary N) is 5. The van der Waals surface area contributed by atoms with Crippen molar-refractivity contribution in [3.05, 3.63) is 94.3 Å². The summed E-state index contributed by atoms with van der Waals surface area (Å²) in [7, 11) is 2.02. The van der Waals surface area contributed by atoms with Gasteiger partial charge in [-0.2, -0.15) is 0 Å². The van der Waals surface area contributed by atoms with Gasteiger partial charge in [0.05, 0.1) is 11.1 Å². The van der Waals surface area contributed by atoms with E-state index in [9.17, 15) is 28.4 Å². The van der Waals surface area contributed by atoms with Gasteiger partial charge in [0.15, 0.2) is 0 Å². The molecule has 0 radical (unpaired) electrons. The maximum absolute atomic E-state index is 14.5. The van der Waals surface area contributed by atoms with E-state index in [2.05, 4.69) is 60.6 Å². The van der Waals surface area contributed by atoms with Crippen molar-refractivity contribution in [3.8, 4) is 0 Å². The number of carbonyl (C=O) groups excluding carboxylic acids is 5. The molecule has 4 aliphatic rings. The molecule has 59 heavy (non-hydrogen) atoms. The quantitative estimate of drug-likeness (QED) is 0.101. The second-order valence-electron chi connectivity index (χ2n) is 16.4. The smallest absolute Gasteiger partial charge is 0.262 e. The van der Waals surface area contributed by atoms with Crippen LogP contribution in [0.15, 0.2) is 60.7 Å². The van der Waals surface area contributed by atoms with Crippen LogP contribution in [0.5, 0.6) is 0 Å². The number of halogens is 1. The number of nitrogens with zero attached hydrogens (tertiary/aromatic N) is 3. The van der Waals surface area contributed by atoms with Crippen molar-refractivity contribution in [1.82, 2.24) is 31.1 Å². The van der Waals surface area contributed by atoms with Crippen LogP contribution in [-0.4, -0.2) is 111 Å². The molecule has 0 bridgehead atoms. The Balaban J connectivity index is 0.741. The molecule has 3 atom stereocenters. The number of likely N-dealkylation sites (N-methyl/N-ethyl adjacent to an activating group) is 1. The summed E-state index contributed by atoms with van der Waals surface area (Å²) in [6.45, 7) is 8.90. The van der Waals surface area contributed by atoms with E-state index in [1.807, 2.05) is 26.1 Å². The third kappa shape index (κ3) is 10.00. The van der Waals surface area contributed by atoms with Crippen LogP contribution in [-0.2, 0) is 27.3 Å². The van der Waals surface area contributed by atoms with Crippen LogP contribution >= 0.6 is 0 Å². The van der Waals surface area contributed by atoms with Gasteiger partial charge >= 0.3 is 0 Å². The lowest BCUT2D eigenvalue weighted by atomic mass is 9.95. The Hall–Kier alpha value is -5.18. The zero-order valence-electron chi connectivity index (χ0n) is 34.2. The van der Waals surface area contributed by atoms with Crippen LogP contribution in [0.25, 0.3) is 0 Å². The summed E-state index contributed by atoms with van der Waals surface area (Å²) in [5.74, 6) is -1.74. The summed E-state index contributed by atoms with van der Waals surface area (Å²) in [6.07, 6.45) is 4.38. The molecule has 14 heteroatoms. The van der Waals surface area contributed by atoms with Crippen molar-refractivity contribution in [2.45, 2.75) is 70.5 Å². The number of rotatable bonds is 17. The molecule has 0 aliphatic carbocycles. The second kappa shape index (κ2) is 19.3. The van der Waals surface area contributed by atoms with E-state index in [0.29, 0.717) is 51.0 Å². The van der Waals surface area contributed by atoms with Gasteiger partial charge in [-0.1, -0.05) is 24.3 Å². The van der Waals surface area contributed by atoms with Crippen molar-refractivity contribution in [2.24, 2.45) is 11.8 Å². The fraction of sp³-hybridized carbons (Fsp3) is 0.489. The minimum Gasteiger partial charge on any atom is -0.384 e. The van der Waals surface area contributed by atoms with Crippen LogP contribution in [0.3, 0.4) is 0 Å². The van der Waals surface area contributed by atoms with Gasteiger partial charge in [-0.3, -0.25) is 39.1 Å². The van der Waals surface area contributed by atoms with Gasteiger partial charge in [0.25, 0.3) is 11.8 Å². The zero-order valence-corrected chi connectivity index (χ0v) is 34.2. The number of hydrogen-bond acceptors (Lipinski definition) is 10. The molecule has 3 saturated heterocycles. The lowest BCUT2D eigenvalue weighted by Crippen LogP contribution is -2.54. The number of fused-ring (bicyclic) bond motifs is 1. The monoisotopic (exact) mass is 808 g/mol. The molecule has 4 heterocycles. The fourth-order valence-electron chi connectivity index (χ4n) is 8.98. The lowest BCUT2D eigenvalue weighted by molar-refractivity contribution is -0.136. The van der Waals surface area contributed by atoms with Crippen LogP contribution in [0.1, 0.15) is 75.9 Å². The highest BCUT2D eigenvalue weighted by atomic mass is 19.1. The first-order chi connectivity index (χ1) is 28.6. The number of piperidine rings is 2. The van der Waals surface area contributed by atoms with Gasteiger partial charge in [-0.05, 0) is 112 Å². The van der Waals surface area contributed by atoms with Gasteiger partial charge in [0, 0.05) is 87.7 Å². The number of hydrogen-bond donors (Lipinski definition) is 5. The van der Waals surface area contributed by atoms with Gasteiger partial charge < -0.3 is 26.2 Å². The van der Waals surface area contributed by atoms with Gasteiger partial charge in [-0.25, -0.2) is 4.39 Å². The third-order valence-corrected chi connectivity index (χ3v) is 12.4. The Kier molecular flexibility index (Phi) is 13.7. The van der Waals surface area contributed by atoms with Crippen LogP contribution < -0.4 is 31.5 Å². The predicted molar refractivity (Wildman–Crippen MR) is 225 cm³/mol. The second-order valence-corrected chi connectivity index (χ2v) is 16.4. The molecule has 13 nitrogen and oxygen atoms in total. The first-order valence-electron chi connectivity index (χ1n) is 21.1. The molecule has 314 valence electrons. The maximum atomic E-state index is 14.5.